The van der Waals surface area contributed by atoms with Crippen LogP contribution in [0.4, 0.5) is 4.79 Å². The van der Waals surface area contributed by atoms with Crippen LogP contribution in [0.1, 0.15) is 32.1 Å². The van der Waals surface area contributed by atoms with E-state index in [1.807, 2.05) is 0 Å². The van der Waals surface area contributed by atoms with Crippen molar-refractivity contribution >= 4 is 6.03 Å². The lowest BCUT2D eigenvalue weighted by molar-refractivity contribution is 0.0501. The monoisotopic (exact) mass is 230 g/mol. The van der Waals surface area contributed by atoms with E-state index < -0.39 is 5.60 Å². The van der Waals surface area contributed by atoms with Gasteiger partial charge in [-0.15, -0.1) is 0 Å². The number of carbonyl (C=O) groups excluding carboxylic acids is 1. The third-order valence-corrected chi connectivity index (χ3v) is 2.92. The lowest BCUT2D eigenvalue weighted by Crippen LogP contribution is -2.45. The van der Waals surface area contributed by atoms with E-state index in [1.54, 1.807) is 7.11 Å². The molecule has 1 saturated carbocycles. The summed E-state index contributed by atoms with van der Waals surface area (Å²) in [5.74, 6) is 0. The van der Waals surface area contributed by atoms with Gasteiger partial charge in [-0.25, -0.2) is 4.79 Å². The summed E-state index contributed by atoms with van der Waals surface area (Å²) in [7, 11) is 1.63. The minimum Gasteiger partial charge on any atom is -0.388 e. The van der Waals surface area contributed by atoms with Crippen LogP contribution >= 0.6 is 0 Å². The molecule has 16 heavy (non-hydrogen) atoms. The quantitative estimate of drug-likeness (QED) is 0.586. The predicted molar refractivity (Wildman–Crippen MR) is 61.3 cm³/mol. The van der Waals surface area contributed by atoms with Gasteiger partial charge in [0.2, 0.25) is 0 Å². The lowest BCUT2D eigenvalue weighted by atomic mass is 10.0. The van der Waals surface area contributed by atoms with Gasteiger partial charge in [0, 0.05) is 26.8 Å². The van der Waals surface area contributed by atoms with E-state index in [9.17, 15) is 9.90 Å². The van der Waals surface area contributed by atoms with Crippen molar-refractivity contribution in [1.82, 2.24) is 10.6 Å². The molecule has 0 heterocycles. The van der Waals surface area contributed by atoms with Crippen molar-refractivity contribution in [2.75, 3.05) is 26.8 Å². The Bertz CT molecular complexity index is 215. The molecule has 94 valence electrons. The van der Waals surface area contributed by atoms with Crippen molar-refractivity contribution < 1.29 is 14.6 Å². The molecule has 0 spiro atoms. The van der Waals surface area contributed by atoms with Crippen molar-refractivity contribution in [3.63, 3.8) is 0 Å². The van der Waals surface area contributed by atoms with Gasteiger partial charge < -0.3 is 20.5 Å². The second-order valence-electron chi connectivity index (χ2n) is 4.39. The Labute approximate surface area is 96.6 Å². The molecule has 0 unspecified atom stereocenters. The maximum absolute atomic E-state index is 11.3. The van der Waals surface area contributed by atoms with Crippen LogP contribution in [0.25, 0.3) is 0 Å². The van der Waals surface area contributed by atoms with Gasteiger partial charge in [-0.2, -0.15) is 0 Å². The number of methoxy groups -OCH3 is 1. The first kappa shape index (κ1) is 13.3. The van der Waals surface area contributed by atoms with Crippen LogP contribution in [-0.4, -0.2) is 43.5 Å². The second kappa shape index (κ2) is 6.70. The number of nitrogens with one attached hydrogen (secondary N) is 2. The SMILES string of the molecule is COCCCNC(=O)NCC1(O)CCCC1. The number of hydrogen-bond acceptors (Lipinski definition) is 3. The average Bonchev–Trinajstić information content (AvgIpc) is 2.70. The Morgan fingerprint density at radius 1 is 1.38 bits per heavy atom. The normalized spacial score (nSPS) is 18.4. The largest absolute Gasteiger partial charge is 0.388 e. The second-order valence-corrected chi connectivity index (χ2v) is 4.39. The van der Waals surface area contributed by atoms with Gasteiger partial charge >= 0.3 is 6.03 Å². The van der Waals surface area contributed by atoms with E-state index in [0.717, 1.165) is 32.1 Å². The van der Waals surface area contributed by atoms with E-state index in [0.29, 0.717) is 19.7 Å². The number of rotatable bonds is 6. The number of ether oxygens (including phenoxy) is 1. The van der Waals surface area contributed by atoms with E-state index in [1.165, 1.54) is 0 Å². The molecule has 2 amide bonds. The summed E-state index contributed by atoms with van der Waals surface area (Å²) in [6.45, 7) is 1.59. The zero-order valence-corrected chi connectivity index (χ0v) is 9.92. The lowest BCUT2D eigenvalue weighted by Gasteiger charge is -2.22. The van der Waals surface area contributed by atoms with E-state index in [2.05, 4.69) is 10.6 Å². The Hall–Kier alpha value is -0.810. The molecular weight excluding hydrogens is 208 g/mol. The van der Waals surface area contributed by atoms with Gasteiger partial charge in [0.1, 0.15) is 0 Å². The van der Waals surface area contributed by atoms with E-state index in [4.69, 9.17) is 4.74 Å². The zero-order valence-electron chi connectivity index (χ0n) is 9.92. The van der Waals surface area contributed by atoms with Crippen LogP contribution in [0.5, 0.6) is 0 Å². The molecule has 0 aromatic carbocycles. The molecule has 0 aliphatic heterocycles. The first-order chi connectivity index (χ1) is 7.66. The van der Waals surface area contributed by atoms with Crippen LogP contribution in [0.3, 0.4) is 0 Å². The fourth-order valence-electron chi connectivity index (χ4n) is 1.94. The summed E-state index contributed by atoms with van der Waals surface area (Å²) in [6, 6.07) is -0.212. The van der Waals surface area contributed by atoms with Crippen molar-refractivity contribution in [2.45, 2.75) is 37.7 Å². The van der Waals surface area contributed by atoms with E-state index >= 15 is 0 Å². The predicted octanol–water partition coefficient (Wildman–Crippen LogP) is 0.627. The molecule has 1 aliphatic rings. The summed E-state index contributed by atoms with van der Waals surface area (Å²) < 4.78 is 4.87. The van der Waals surface area contributed by atoms with Crippen molar-refractivity contribution in [2.24, 2.45) is 0 Å². The summed E-state index contributed by atoms with van der Waals surface area (Å²) in [5, 5.41) is 15.4. The average molecular weight is 230 g/mol. The first-order valence-corrected chi connectivity index (χ1v) is 5.89. The van der Waals surface area contributed by atoms with E-state index in [-0.39, 0.29) is 6.03 Å². The fourth-order valence-corrected chi connectivity index (χ4v) is 1.94. The molecule has 1 fully saturated rings. The van der Waals surface area contributed by atoms with Crippen LogP contribution in [0, 0.1) is 0 Å². The highest BCUT2D eigenvalue weighted by molar-refractivity contribution is 5.73. The van der Waals surface area contributed by atoms with Gasteiger partial charge in [0.15, 0.2) is 0 Å². The molecule has 0 aromatic rings. The summed E-state index contributed by atoms with van der Waals surface area (Å²) in [5.41, 5.74) is -0.677. The summed E-state index contributed by atoms with van der Waals surface area (Å²) >= 11 is 0. The molecule has 1 aliphatic carbocycles. The third kappa shape index (κ3) is 4.81. The number of hydrogen-bond donors (Lipinski definition) is 3. The molecule has 5 heteroatoms. The van der Waals surface area contributed by atoms with Crippen LogP contribution in [0.2, 0.25) is 0 Å². The zero-order chi connectivity index (χ0) is 11.9. The third-order valence-electron chi connectivity index (χ3n) is 2.92. The maximum Gasteiger partial charge on any atom is 0.314 e. The molecule has 0 bridgehead atoms. The standard InChI is InChI=1S/C11H22N2O3/c1-16-8-4-7-12-10(14)13-9-11(15)5-2-3-6-11/h15H,2-9H2,1H3,(H2,12,13,14). The Kier molecular flexibility index (Phi) is 5.55. The van der Waals surface area contributed by atoms with Gasteiger partial charge in [-0.05, 0) is 19.3 Å². The van der Waals surface area contributed by atoms with Crippen LogP contribution in [-0.2, 0) is 4.74 Å². The highest BCUT2D eigenvalue weighted by Crippen LogP contribution is 2.28. The molecule has 0 radical (unpaired) electrons. The minimum atomic E-state index is -0.677. The highest BCUT2D eigenvalue weighted by Gasteiger charge is 2.31. The molecular formula is C11H22N2O3. The molecule has 0 atom stereocenters. The fraction of sp³-hybridized carbons (Fsp3) is 0.909. The molecule has 0 saturated heterocycles. The first-order valence-electron chi connectivity index (χ1n) is 5.89. The van der Waals surface area contributed by atoms with Crippen molar-refractivity contribution in [1.29, 1.82) is 0 Å². The van der Waals surface area contributed by atoms with Gasteiger partial charge in [-0.3, -0.25) is 0 Å². The summed E-state index contributed by atoms with van der Waals surface area (Å²) in [4.78, 5) is 11.3. The molecule has 0 aromatic heterocycles. The Morgan fingerprint density at radius 2 is 2.06 bits per heavy atom. The number of urea groups is 1. The van der Waals surface area contributed by atoms with Crippen LogP contribution < -0.4 is 10.6 Å². The van der Waals surface area contributed by atoms with Crippen LogP contribution in [0.15, 0.2) is 0 Å². The van der Waals surface area contributed by atoms with Crippen molar-refractivity contribution in [3.8, 4) is 0 Å². The smallest absolute Gasteiger partial charge is 0.314 e. The summed E-state index contributed by atoms with van der Waals surface area (Å²) in [6.07, 6.45) is 4.48. The highest BCUT2D eigenvalue weighted by atomic mass is 16.5. The maximum atomic E-state index is 11.3. The van der Waals surface area contributed by atoms with Crippen molar-refractivity contribution in [3.05, 3.63) is 0 Å². The molecule has 1 rings (SSSR count). The Balaban J connectivity index is 2.05. The van der Waals surface area contributed by atoms with Gasteiger partial charge in [0.25, 0.3) is 0 Å². The Morgan fingerprint density at radius 3 is 2.69 bits per heavy atom. The topological polar surface area (TPSA) is 70.6 Å². The van der Waals surface area contributed by atoms with Gasteiger partial charge in [-0.1, -0.05) is 12.8 Å². The molecule has 5 nitrogen and oxygen atoms in total. The number of carbonyl (C=O) groups is 1. The number of aliphatic hydroxyl groups is 1. The van der Waals surface area contributed by atoms with Gasteiger partial charge in [0.05, 0.1) is 5.60 Å². The number of amides is 2. The molecule has 3 N–H and O–H groups in total. The minimum absolute atomic E-state index is 0.212.